The summed E-state index contributed by atoms with van der Waals surface area (Å²) in [5, 5.41) is 6.02. The molecule has 0 amide bonds. The zero-order chi connectivity index (χ0) is 11.7. The van der Waals surface area contributed by atoms with E-state index >= 15 is 0 Å². The fourth-order valence-electron chi connectivity index (χ4n) is 1.39. The quantitative estimate of drug-likeness (QED) is 0.837. The van der Waals surface area contributed by atoms with Crippen LogP contribution >= 0.6 is 23.4 Å². The third kappa shape index (κ3) is 2.33. The molecule has 1 heterocycles. The molecular formula is C11H12ClN3S. The van der Waals surface area contributed by atoms with Gasteiger partial charge in [0.1, 0.15) is 0 Å². The Morgan fingerprint density at radius 3 is 2.75 bits per heavy atom. The summed E-state index contributed by atoms with van der Waals surface area (Å²) >= 11 is 7.50. The summed E-state index contributed by atoms with van der Waals surface area (Å²) in [7, 11) is 1.91. The summed E-state index contributed by atoms with van der Waals surface area (Å²) in [6.45, 7) is 1.96. The number of aryl methyl sites for hydroxylation is 2. The number of nitrogens with two attached hydrogens (primary N) is 1. The molecule has 2 rings (SSSR count). The number of nitrogen functional groups attached to an aromatic ring is 1. The average Bonchev–Trinajstić information content (AvgIpc) is 2.51. The number of halogens is 1. The molecule has 0 aliphatic carbocycles. The SMILES string of the molecule is Cc1cc(Sc2cc(Cl)ccc2N)n(C)n1. The fraction of sp³-hybridized carbons (Fsp3) is 0.182. The highest BCUT2D eigenvalue weighted by atomic mass is 35.5. The Labute approximate surface area is 104 Å². The molecule has 0 saturated carbocycles. The molecule has 5 heteroatoms. The van der Waals surface area contributed by atoms with Crippen LogP contribution in [0.5, 0.6) is 0 Å². The van der Waals surface area contributed by atoms with Gasteiger partial charge in [0.05, 0.1) is 10.7 Å². The lowest BCUT2D eigenvalue weighted by Crippen LogP contribution is -1.93. The average molecular weight is 254 g/mol. The van der Waals surface area contributed by atoms with Crippen LogP contribution in [0.2, 0.25) is 5.02 Å². The minimum atomic E-state index is 0.690. The van der Waals surface area contributed by atoms with Crippen molar-refractivity contribution in [2.24, 2.45) is 7.05 Å². The Bertz CT molecular complexity index is 522. The zero-order valence-corrected chi connectivity index (χ0v) is 10.6. The van der Waals surface area contributed by atoms with Crippen molar-refractivity contribution in [1.82, 2.24) is 9.78 Å². The number of hydrogen-bond acceptors (Lipinski definition) is 3. The fourth-order valence-corrected chi connectivity index (χ4v) is 2.63. The van der Waals surface area contributed by atoms with E-state index in [-0.39, 0.29) is 0 Å². The van der Waals surface area contributed by atoms with Crippen molar-refractivity contribution in [2.75, 3.05) is 5.73 Å². The number of hydrogen-bond donors (Lipinski definition) is 1. The number of anilines is 1. The first kappa shape index (κ1) is 11.4. The molecule has 3 nitrogen and oxygen atoms in total. The summed E-state index contributed by atoms with van der Waals surface area (Å²) < 4.78 is 1.83. The normalized spacial score (nSPS) is 10.7. The molecule has 0 spiro atoms. The van der Waals surface area contributed by atoms with Gasteiger partial charge in [-0.3, -0.25) is 4.68 Å². The molecule has 1 aromatic carbocycles. The highest BCUT2D eigenvalue weighted by Crippen LogP contribution is 2.33. The second kappa shape index (κ2) is 4.39. The van der Waals surface area contributed by atoms with Gasteiger partial charge < -0.3 is 5.73 Å². The summed E-state index contributed by atoms with van der Waals surface area (Å²) in [4.78, 5) is 0.954. The zero-order valence-electron chi connectivity index (χ0n) is 9.07. The predicted octanol–water partition coefficient (Wildman–Crippen LogP) is 3.12. The van der Waals surface area contributed by atoms with Crippen molar-refractivity contribution in [3.05, 3.63) is 35.0 Å². The van der Waals surface area contributed by atoms with Crippen LogP contribution in [-0.4, -0.2) is 9.78 Å². The lowest BCUT2D eigenvalue weighted by Gasteiger charge is -2.05. The van der Waals surface area contributed by atoms with Gasteiger partial charge in [-0.2, -0.15) is 5.10 Å². The Balaban J connectivity index is 2.33. The molecule has 84 valence electrons. The van der Waals surface area contributed by atoms with Crippen LogP contribution < -0.4 is 5.73 Å². The number of aromatic nitrogens is 2. The summed E-state index contributed by atoms with van der Waals surface area (Å²) in [6.07, 6.45) is 0. The van der Waals surface area contributed by atoms with Gasteiger partial charge in [0.2, 0.25) is 0 Å². The number of benzene rings is 1. The lowest BCUT2D eigenvalue weighted by atomic mass is 10.3. The van der Waals surface area contributed by atoms with Crippen LogP contribution in [0.15, 0.2) is 34.2 Å². The van der Waals surface area contributed by atoms with E-state index in [1.165, 1.54) is 0 Å². The van der Waals surface area contributed by atoms with Gasteiger partial charge in [-0.1, -0.05) is 23.4 Å². The van der Waals surface area contributed by atoms with Crippen molar-refractivity contribution in [2.45, 2.75) is 16.8 Å². The standard InChI is InChI=1S/C11H12ClN3S/c1-7-5-11(15(2)14-7)16-10-6-8(12)3-4-9(10)13/h3-6H,13H2,1-2H3. The second-order valence-corrected chi connectivity index (χ2v) is 5.03. The van der Waals surface area contributed by atoms with Crippen LogP contribution in [0.25, 0.3) is 0 Å². The molecule has 0 atom stereocenters. The predicted molar refractivity (Wildman–Crippen MR) is 67.9 cm³/mol. The maximum Gasteiger partial charge on any atom is 0.0987 e. The summed E-state index contributed by atoms with van der Waals surface area (Å²) in [5.41, 5.74) is 7.61. The van der Waals surface area contributed by atoms with Gasteiger partial charge >= 0.3 is 0 Å². The van der Waals surface area contributed by atoms with Crippen LogP contribution in [0.1, 0.15) is 5.69 Å². The van der Waals surface area contributed by atoms with E-state index in [1.54, 1.807) is 17.8 Å². The smallest absolute Gasteiger partial charge is 0.0987 e. The molecule has 0 fully saturated rings. The van der Waals surface area contributed by atoms with Gasteiger partial charge in [-0.25, -0.2) is 0 Å². The monoisotopic (exact) mass is 253 g/mol. The topological polar surface area (TPSA) is 43.8 Å². The van der Waals surface area contributed by atoms with Gasteiger partial charge in [0, 0.05) is 22.7 Å². The van der Waals surface area contributed by atoms with E-state index in [0.29, 0.717) is 5.02 Å². The van der Waals surface area contributed by atoms with E-state index in [0.717, 1.165) is 21.3 Å². The third-order valence-corrected chi connectivity index (χ3v) is 3.55. The molecule has 0 unspecified atom stereocenters. The summed E-state index contributed by atoms with van der Waals surface area (Å²) in [6, 6.07) is 7.48. The van der Waals surface area contributed by atoms with E-state index in [9.17, 15) is 0 Å². The first-order valence-electron chi connectivity index (χ1n) is 4.80. The molecular weight excluding hydrogens is 242 g/mol. The molecule has 0 aliphatic heterocycles. The van der Waals surface area contributed by atoms with Crippen LogP contribution in [-0.2, 0) is 7.05 Å². The highest BCUT2D eigenvalue weighted by molar-refractivity contribution is 7.99. The van der Waals surface area contributed by atoms with E-state index in [2.05, 4.69) is 5.10 Å². The maximum atomic E-state index is 5.94. The summed E-state index contributed by atoms with van der Waals surface area (Å²) in [5.74, 6) is 0. The second-order valence-electron chi connectivity index (χ2n) is 3.53. The molecule has 1 aromatic heterocycles. The van der Waals surface area contributed by atoms with Gasteiger partial charge in [-0.05, 0) is 31.2 Å². The first-order chi connectivity index (χ1) is 7.56. The minimum Gasteiger partial charge on any atom is -0.398 e. The van der Waals surface area contributed by atoms with Crippen molar-refractivity contribution in [3.8, 4) is 0 Å². The van der Waals surface area contributed by atoms with Crippen molar-refractivity contribution in [1.29, 1.82) is 0 Å². The minimum absolute atomic E-state index is 0.690. The molecule has 16 heavy (non-hydrogen) atoms. The van der Waals surface area contributed by atoms with Gasteiger partial charge in [-0.15, -0.1) is 0 Å². The van der Waals surface area contributed by atoms with Gasteiger partial charge in [0.15, 0.2) is 0 Å². The lowest BCUT2D eigenvalue weighted by molar-refractivity contribution is 0.692. The van der Waals surface area contributed by atoms with E-state index in [1.807, 2.05) is 36.9 Å². The Morgan fingerprint density at radius 2 is 2.12 bits per heavy atom. The molecule has 0 bridgehead atoms. The molecule has 0 saturated heterocycles. The third-order valence-electron chi connectivity index (χ3n) is 2.15. The molecule has 0 radical (unpaired) electrons. The van der Waals surface area contributed by atoms with Crippen molar-refractivity contribution >= 4 is 29.1 Å². The largest absolute Gasteiger partial charge is 0.398 e. The van der Waals surface area contributed by atoms with Crippen LogP contribution in [0.3, 0.4) is 0 Å². The van der Waals surface area contributed by atoms with Crippen molar-refractivity contribution < 1.29 is 0 Å². The van der Waals surface area contributed by atoms with Crippen molar-refractivity contribution in [3.63, 3.8) is 0 Å². The van der Waals surface area contributed by atoms with Gasteiger partial charge in [0.25, 0.3) is 0 Å². The highest BCUT2D eigenvalue weighted by Gasteiger charge is 2.07. The number of rotatable bonds is 2. The van der Waals surface area contributed by atoms with E-state index in [4.69, 9.17) is 17.3 Å². The number of nitrogens with zero attached hydrogens (tertiary/aromatic N) is 2. The Morgan fingerprint density at radius 1 is 1.38 bits per heavy atom. The van der Waals surface area contributed by atoms with Crippen LogP contribution in [0, 0.1) is 6.92 Å². The maximum absolute atomic E-state index is 5.94. The van der Waals surface area contributed by atoms with Crippen LogP contribution in [0.4, 0.5) is 5.69 Å². The van der Waals surface area contributed by atoms with E-state index < -0.39 is 0 Å². The Kier molecular flexibility index (Phi) is 3.12. The molecule has 2 N–H and O–H groups in total. The molecule has 0 aliphatic rings. The first-order valence-corrected chi connectivity index (χ1v) is 5.99. The molecule has 2 aromatic rings. The Hall–Kier alpha value is -1.13.